The van der Waals surface area contributed by atoms with Crippen LogP contribution in [0.2, 0.25) is 0 Å². The number of carbonyl (C=O) groups excluding carboxylic acids is 3. The first-order valence-corrected chi connectivity index (χ1v) is 26.9. The van der Waals surface area contributed by atoms with Crippen LogP contribution in [0.25, 0.3) is 0 Å². The Labute approximate surface area is 374 Å². The van der Waals surface area contributed by atoms with Crippen LogP contribution in [-0.4, -0.2) is 37.2 Å². The van der Waals surface area contributed by atoms with Gasteiger partial charge in [0.15, 0.2) is 6.10 Å². The average Bonchev–Trinajstić information content (AvgIpc) is 3.23. The highest BCUT2D eigenvalue weighted by molar-refractivity contribution is 5.71. The zero-order valence-corrected chi connectivity index (χ0v) is 40.9. The van der Waals surface area contributed by atoms with Gasteiger partial charge in [0, 0.05) is 19.3 Å². The minimum absolute atomic E-state index is 0.0631. The maximum atomic E-state index is 12.8. The van der Waals surface area contributed by atoms with Crippen LogP contribution in [0, 0.1) is 5.92 Å². The van der Waals surface area contributed by atoms with Gasteiger partial charge in [-0.2, -0.15) is 0 Å². The summed E-state index contributed by atoms with van der Waals surface area (Å²) in [6, 6.07) is 0. The van der Waals surface area contributed by atoms with Crippen molar-refractivity contribution in [3.05, 3.63) is 0 Å². The number of carbonyl (C=O) groups is 3. The number of hydrogen-bond acceptors (Lipinski definition) is 6. The second-order valence-electron chi connectivity index (χ2n) is 19.0. The summed E-state index contributed by atoms with van der Waals surface area (Å²) in [7, 11) is 0. The Hall–Kier alpha value is -1.59. The van der Waals surface area contributed by atoms with E-state index in [0.717, 1.165) is 63.7 Å². The molecule has 0 bridgehead atoms. The molecular formula is C54H104O6. The van der Waals surface area contributed by atoms with E-state index >= 15 is 0 Å². The van der Waals surface area contributed by atoms with Crippen LogP contribution in [0.4, 0.5) is 0 Å². The zero-order valence-electron chi connectivity index (χ0n) is 40.9. The Kier molecular flexibility index (Phi) is 47.2. The number of esters is 3. The van der Waals surface area contributed by atoms with Crippen LogP contribution in [0.15, 0.2) is 0 Å². The van der Waals surface area contributed by atoms with Crippen LogP contribution < -0.4 is 0 Å². The number of rotatable bonds is 49. The van der Waals surface area contributed by atoms with Crippen LogP contribution in [-0.2, 0) is 28.6 Å². The van der Waals surface area contributed by atoms with Crippen molar-refractivity contribution in [2.24, 2.45) is 5.92 Å². The summed E-state index contributed by atoms with van der Waals surface area (Å²) in [5.41, 5.74) is 0. The standard InChI is InChI=1S/C54H104O6/c1-5-7-9-11-13-14-15-16-17-18-19-20-21-24-28-31-35-39-43-47-54(57)60-51(48-58-52(55)45-41-37-32-12-10-8-6-2)49-59-53(56)46-42-38-34-30-27-25-22-23-26-29-33-36-40-44-50(3)4/h50-51H,5-49H2,1-4H3/t51-/m0/s1. The van der Waals surface area contributed by atoms with Crippen LogP contribution >= 0.6 is 0 Å². The van der Waals surface area contributed by atoms with Crippen molar-refractivity contribution in [2.75, 3.05) is 13.2 Å². The molecule has 0 spiro atoms. The SMILES string of the molecule is CCCCCCCCCCCCCCCCCCCCCC(=O)O[C@@H](COC(=O)CCCCCCCCC)COC(=O)CCCCCCCCCCCCCCCC(C)C. The summed E-state index contributed by atoms with van der Waals surface area (Å²) in [6.07, 6.45) is 51.1. The molecule has 0 aliphatic carbocycles. The average molecular weight is 849 g/mol. The van der Waals surface area contributed by atoms with E-state index in [2.05, 4.69) is 27.7 Å². The molecule has 1 atom stereocenters. The fraction of sp³-hybridized carbons (Fsp3) is 0.944. The van der Waals surface area contributed by atoms with Crippen LogP contribution in [0.5, 0.6) is 0 Å². The lowest BCUT2D eigenvalue weighted by Crippen LogP contribution is -2.30. The Balaban J connectivity index is 4.17. The van der Waals surface area contributed by atoms with Crippen molar-refractivity contribution in [1.82, 2.24) is 0 Å². The second kappa shape index (κ2) is 48.4. The van der Waals surface area contributed by atoms with Crippen LogP contribution in [0.3, 0.4) is 0 Å². The molecule has 0 aliphatic heterocycles. The lowest BCUT2D eigenvalue weighted by atomic mass is 10.0. The Morgan fingerprint density at radius 2 is 0.550 bits per heavy atom. The highest BCUT2D eigenvalue weighted by atomic mass is 16.6. The molecule has 6 heteroatoms. The third kappa shape index (κ3) is 47.5. The molecule has 0 saturated carbocycles. The molecule has 0 unspecified atom stereocenters. The molecule has 0 aromatic carbocycles. The van der Waals surface area contributed by atoms with E-state index in [1.165, 1.54) is 199 Å². The fourth-order valence-corrected chi connectivity index (χ4v) is 8.22. The molecule has 0 aliphatic rings. The molecule has 0 amide bonds. The molecule has 0 saturated heterocycles. The minimum Gasteiger partial charge on any atom is -0.462 e. The third-order valence-electron chi connectivity index (χ3n) is 12.3. The normalized spacial score (nSPS) is 11.9. The number of hydrogen-bond donors (Lipinski definition) is 0. The monoisotopic (exact) mass is 849 g/mol. The lowest BCUT2D eigenvalue weighted by molar-refractivity contribution is -0.167. The summed E-state index contributed by atoms with van der Waals surface area (Å²) >= 11 is 0. The summed E-state index contributed by atoms with van der Waals surface area (Å²) in [4.78, 5) is 37.8. The summed E-state index contributed by atoms with van der Waals surface area (Å²) in [6.45, 7) is 9.00. The van der Waals surface area contributed by atoms with E-state index in [1.54, 1.807) is 0 Å². The Morgan fingerprint density at radius 1 is 0.317 bits per heavy atom. The number of unbranched alkanes of at least 4 members (excludes halogenated alkanes) is 36. The van der Waals surface area contributed by atoms with Gasteiger partial charge in [0.05, 0.1) is 0 Å². The van der Waals surface area contributed by atoms with Crippen LogP contribution in [0.1, 0.15) is 304 Å². The van der Waals surface area contributed by atoms with E-state index < -0.39 is 6.10 Å². The molecule has 356 valence electrons. The van der Waals surface area contributed by atoms with E-state index in [4.69, 9.17) is 14.2 Å². The van der Waals surface area contributed by atoms with Crippen molar-refractivity contribution in [3.8, 4) is 0 Å². The third-order valence-corrected chi connectivity index (χ3v) is 12.3. The second-order valence-corrected chi connectivity index (χ2v) is 19.0. The Bertz CT molecular complexity index is 903. The molecule has 60 heavy (non-hydrogen) atoms. The highest BCUT2D eigenvalue weighted by Crippen LogP contribution is 2.17. The molecule has 0 radical (unpaired) electrons. The van der Waals surface area contributed by atoms with E-state index in [0.29, 0.717) is 19.3 Å². The molecule has 0 fully saturated rings. The summed E-state index contributed by atoms with van der Waals surface area (Å²) in [5.74, 6) is -0.00930. The predicted octanol–water partition coefficient (Wildman–Crippen LogP) is 17.5. The molecule has 0 aromatic heterocycles. The van der Waals surface area contributed by atoms with E-state index in [-0.39, 0.29) is 31.1 Å². The van der Waals surface area contributed by atoms with Gasteiger partial charge in [-0.05, 0) is 25.2 Å². The van der Waals surface area contributed by atoms with Crippen molar-refractivity contribution in [2.45, 2.75) is 310 Å². The lowest BCUT2D eigenvalue weighted by Gasteiger charge is -2.18. The number of ether oxygens (including phenoxy) is 3. The summed E-state index contributed by atoms with van der Waals surface area (Å²) < 4.78 is 16.8. The molecule has 0 heterocycles. The molecule has 6 nitrogen and oxygen atoms in total. The first-order valence-electron chi connectivity index (χ1n) is 26.9. The zero-order chi connectivity index (χ0) is 43.8. The van der Waals surface area contributed by atoms with Gasteiger partial charge >= 0.3 is 17.9 Å². The molecule has 0 rings (SSSR count). The predicted molar refractivity (Wildman–Crippen MR) is 257 cm³/mol. The van der Waals surface area contributed by atoms with Gasteiger partial charge in [0.2, 0.25) is 0 Å². The van der Waals surface area contributed by atoms with Crippen molar-refractivity contribution < 1.29 is 28.6 Å². The van der Waals surface area contributed by atoms with Gasteiger partial charge in [-0.3, -0.25) is 14.4 Å². The van der Waals surface area contributed by atoms with E-state index in [9.17, 15) is 14.4 Å². The maximum Gasteiger partial charge on any atom is 0.306 e. The first-order chi connectivity index (χ1) is 29.4. The topological polar surface area (TPSA) is 78.9 Å². The maximum absolute atomic E-state index is 12.8. The smallest absolute Gasteiger partial charge is 0.306 e. The van der Waals surface area contributed by atoms with Crippen molar-refractivity contribution >= 4 is 17.9 Å². The molecule has 0 N–H and O–H groups in total. The Morgan fingerprint density at radius 3 is 0.817 bits per heavy atom. The van der Waals surface area contributed by atoms with Gasteiger partial charge in [0.1, 0.15) is 13.2 Å². The van der Waals surface area contributed by atoms with E-state index in [1.807, 2.05) is 0 Å². The van der Waals surface area contributed by atoms with Gasteiger partial charge in [-0.1, -0.05) is 265 Å². The van der Waals surface area contributed by atoms with Gasteiger partial charge in [-0.15, -0.1) is 0 Å². The van der Waals surface area contributed by atoms with Gasteiger partial charge in [0.25, 0.3) is 0 Å². The van der Waals surface area contributed by atoms with Gasteiger partial charge in [-0.25, -0.2) is 0 Å². The highest BCUT2D eigenvalue weighted by Gasteiger charge is 2.19. The molecule has 0 aromatic rings. The summed E-state index contributed by atoms with van der Waals surface area (Å²) in [5, 5.41) is 0. The van der Waals surface area contributed by atoms with Crippen molar-refractivity contribution in [3.63, 3.8) is 0 Å². The van der Waals surface area contributed by atoms with Gasteiger partial charge < -0.3 is 14.2 Å². The fourth-order valence-electron chi connectivity index (χ4n) is 8.22. The van der Waals surface area contributed by atoms with Crippen molar-refractivity contribution in [1.29, 1.82) is 0 Å². The first kappa shape index (κ1) is 58.4. The molecular weight excluding hydrogens is 745 g/mol. The largest absolute Gasteiger partial charge is 0.462 e. The minimum atomic E-state index is -0.760. The quantitative estimate of drug-likeness (QED) is 0.0345.